The van der Waals surface area contributed by atoms with Gasteiger partial charge in [-0.05, 0) is 68.7 Å². The second-order valence-corrected chi connectivity index (χ2v) is 7.83. The van der Waals surface area contributed by atoms with E-state index in [1.54, 1.807) is 0 Å². The van der Waals surface area contributed by atoms with Gasteiger partial charge in [0.2, 0.25) is 0 Å². The molecule has 2 nitrogen and oxygen atoms in total. The summed E-state index contributed by atoms with van der Waals surface area (Å²) in [5.41, 5.74) is 0.295. The van der Waals surface area contributed by atoms with E-state index < -0.39 is 0 Å². The first-order valence-corrected chi connectivity index (χ1v) is 8.32. The van der Waals surface area contributed by atoms with Gasteiger partial charge in [-0.3, -0.25) is 0 Å². The number of halogens is 1. The molecule has 1 N–H and O–H groups in total. The van der Waals surface area contributed by atoms with Crippen LogP contribution >= 0.6 is 27.3 Å². The highest BCUT2D eigenvalue weighted by Crippen LogP contribution is 2.23. The maximum atomic E-state index is 3.59. The molecule has 2 rings (SSSR count). The van der Waals surface area contributed by atoms with Crippen LogP contribution in [0.5, 0.6) is 0 Å². The van der Waals surface area contributed by atoms with Crippen LogP contribution < -0.4 is 5.32 Å². The quantitative estimate of drug-likeness (QED) is 0.908. The van der Waals surface area contributed by atoms with Gasteiger partial charge in [-0.25, -0.2) is 0 Å². The zero-order valence-electron chi connectivity index (χ0n) is 11.5. The summed E-state index contributed by atoms with van der Waals surface area (Å²) in [4.78, 5) is 4.01. The molecule has 1 saturated heterocycles. The van der Waals surface area contributed by atoms with Crippen LogP contribution in [0.2, 0.25) is 0 Å². The van der Waals surface area contributed by atoms with Crippen LogP contribution in [0.25, 0.3) is 0 Å². The molecule has 1 atom stereocenters. The van der Waals surface area contributed by atoms with E-state index in [9.17, 15) is 0 Å². The molecule has 1 aromatic rings. The normalized spacial score (nSPS) is 23.5. The summed E-state index contributed by atoms with van der Waals surface area (Å²) in [5, 5.41) is 5.76. The largest absolute Gasteiger partial charge is 0.312 e. The zero-order valence-corrected chi connectivity index (χ0v) is 13.9. The van der Waals surface area contributed by atoms with Crippen LogP contribution in [0, 0.1) is 0 Å². The Labute approximate surface area is 123 Å². The highest BCUT2D eigenvalue weighted by atomic mass is 79.9. The van der Waals surface area contributed by atoms with E-state index in [1.165, 1.54) is 22.2 Å². The second-order valence-electron chi connectivity index (χ2n) is 5.92. The first-order chi connectivity index (χ1) is 8.46. The fourth-order valence-corrected chi connectivity index (χ4v) is 4.12. The smallest absolute Gasteiger partial charge is 0.0285 e. The Kier molecular flexibility index (Phi) is 4.86. The number of piperidine rings is 1. The van der Waals surface area contributed by atoms with E-state index in [1.807, 2.05) is 11.3 Å². The van der Waals surface area contributed by atoms with Crippen LogP contribution in [0.15, 0.2) is 15.9 Å². The molecule has 4 heteroatoms. The predicted octanol–water partition coefficient (Wildman–Crippen LogP) is 3.52. The van der Waals surface area contributed by atoms with Gasteiger partial charge in [0.15, 0.2) is 0 Å². The van der Waals surface area contributed by atoms with Crippen LogP contribution in [-0.2, 0) is 6.42 Å². The van der Waals surface area contributed by atoms with Crippen molar-refractivity contribution in [3.05, 3.63) is 20.8 Å². The number of thiophene rings is 1. The summed E-state index contributed by atoms with van der Waals surface area (Å²) in [7, 11) is 2.27. The van der Waals surface area contributed by atoms with Gasteiger partial charge in [-0.2, -0.15) is 0 Å². The first kappa shape index (κ1) is 14.5. The van der Waals surface area contributed by atoms with Gasteiger partial charge in [0, 0.05) is 32.9 Å². The second kappa shape index (κ2) is 6.04. The summed E-state index contributed by atoms with van der Waals surface area (Å²) < 4.78 is 1.22. The van der Waals surface area contributed by atoms with Gasteiger partial charge in [0.1, 0.15) is 0 Å². The van der Waals surface area contributed by atoms with Crippen molar-refractivity contribution in [3.8, 4) is 0 Å². The van der Waals surface area contributed by atoms with Crippen LogP contribution in [0.1, 0.15) is 31.6 Å². The summed E-state index contributed by atoms with van der Waals surface area (Å²) in [5.74, 6) is 0. The average molecular weight is 331 g/mol. The lowest BCUT2D eigenvalue weighted by molar-refractivity contribution is 0.145. The monoisotopic (exact) mass is 330 g/mol. The number of likely N-dealkylation sites (N-methyl/N-ethyl adjacent to an activating group) is 1. The summed E-state index contributed by atoms with van der Waals surface area (Å²) in [6.45, 7) is 6.92. The third-order valence-electron chi connectivity index (χ3n) is 3.78. The molecule has 1 aromatic heterocycles. The van der Waals surface area contributed by atoms with Gasteiger partial charge in [0.25, 0.3) is 0 Å². The molecule has 0 aromatic carbocycles. The number of nitrogens with zero attached hydrogens (tertiary/aromatic N) is 1. The minimum Gasteiger partial charge on any atom is -0.312 e. The molecule has 1 aliphatic heterocycles. The molecule has 0 aliphatic carbocycles. The van der Waals surface area contributed by atoms with Crippen LogP contribution in [0.4, 0.5) is 0 Å². The Balaban J connectivity index is 1.82. The third-order valence-corrected chi connectivity index (χ3v) is 5.54. The van der Waals surface area contributed by atoms with Gasteiger partial charge < -0.3 is 10.2 Å². The molecule has 1 aliphatic rings. The van der Waals surface area contributed by atoms with Crippen molar-refractivity contribution in [3.63, 3.8) is 0 Å². The molecule has 1 fully saturated rings. The van der Waals surface area contributed by atoms with Crippen molar-refractivity contribution in [2.45, 2.75) is 44.7 Å². The topological polar surface area (TPSA) is 15.3 Å². The van der Waals surface area contributed by atoms with Crippen molar-refractivity contribution in [1.82, 2.24) is 10.2 Å². The molecule has 0 amide bonds. The average Bonchev–Trinajstić information content (AvgIpc) is 2.70. The summed E-state index contributed by atoms with van der Waals surface area (Å²) >= 11 is 5.37. The molecule has 0 spiro atoms. The Bertz CT molecular complexity index is 389. The van der Waals surface area contributed by atoms with Crippen LogP contribution in [0.3, 0.4) is 0 Å². The summed E-state index contributed by atoms with van der Waals surface area (Å²) in [6.07, 6.45) is 3.68. The van der Waals surface area contributed by atoms with Crippen molar-refractivity contribution in [1.29, 1.82) is 0 Å². The first-order valence-electron chi connectivity index (χ1n) is 6.64. The Morgan fingerprint density at radius 1 is 1.56 bits per heavy atom. The van der Waals surface area contributed by atoms with Crippen molar-refractivity contribution < 1.29 is 0 Å². The maximum absolute atomic E-state index is 3.59. The molecule has 1 unspecified atom stereocenters. The van der Waals surface area contributed by atoms with Gasteiger partial charge in [-0.1, -0.05) is 0 Å². The minimum atomic E-state index is 0.295. The molecule has 0 saturated carbocycles. The lowest BCUT2D eigenvalue weighted by Crippen LogP contribution is -2.52. The van der Waals surface area contributed by atoms with E-state index >= 15 is 0 Å². The number of nitrogens with one attached hydrogen (secondary N) is 1. The molecule has 102 valence electrons. The number of hydrogen-bond donors (Lipinski definition) is 1. The van der Waals surface area contributed by atoms with Crippen molar-refractivity contribution >= 4 is 27.3 Å². The lowest BCUT2D eigenvalue weighted by atomic mass is 9.88. The number of hydrogen-bond acceptors (Lipinski definition) is 3. The van der Waals surface area contributed by atoms with E-state index in [4.69, 9.17) is 0 Å². The standard InChI is InChI=1S/C14H23BrN2S/c1-14(2)9-12(4-6-16-14)17(3)7-5-13-8-11(15)10-18-13/h8,10,12,16H,4-7,9H2,1-3H3. The van der Waals surface area contributed by atoms with Gasteiger partial charge in [-0.15, -0.1) is 11.3 Å². The van der Waals surface area contributed by atoms with E-state index in [0.717, 1.165) is 25.6 Å². The highest BCUT2D eigenvalue weighted by molar-refractivity contribution is 9.10. The van der Waals surface area contributed by atoms with E-state index in [-0.39, 0.29) is 0 Å². The van der Waals surface area contributed by atoms with Crippen LogP contribution in [-0.4, -0.2) is 36.6 Å². The van der Waals surface area contributed by atoms with E-state index in [0.29, 0.717) is 5.54 Å². The predicted molar refractivity (Wildman–Crippen MR) is 83.5 cm³/mol. The fourth-order valence-electron chi connectivity index (χ4n) is 2.67. The minimum absolute atomic E-state index is 0.295. The third kappa shape index (κ3) is 4.05. The molecule has 0 radical (unpaired) electrons. The molecular weight excluding hydrogens is 308 g/mol. The fraction of sp³-hybridized carbons (Fsp3) is 0.714. The van der Waals surface area contributed by atoms with Gasteiger partial charge >= 0.3 is 0 Å². The van der Waals surface area contributed by atoms with Gasteiger partial charge in [0.05, 0.1) is 0 Å². The molecular formula is C14H23BrN2S. The molecule has 2 heterocycles. The molecule has 0 bridgehead atoms. The highest BCUT2D eigenvalue weighted by Gasteiger charge is 2.29. The maximum Gasteiger partial charge on any atom is 0.0285 e. The van der Waals surface area contributed by atoms with Crippen molar-refractivity contribution in [2.75, 3.05) is 20.1 Å². The zero-order chi connectivity index (χ0) is 13.2. The lowest BCUT2D eigenvalue weighted by Gasteiger charge is -2.40. The Morgan fingerprint density at radius 2 is 2.33 bits per heavy atom. The number of rotatable bonds is 4. The Hall–Kier alpha value is 0.1000. The molecule has 18 heavy (non-hydrogen) atoms. The SMILES string of the molecule is CN(CCc1cc(Br)cs1)C1CCNC(C)(C)C1. The van der Waals surface area contributed by atoms with Crippen molar-refractivity contribution in [2.24, 2.45) is 0 Å². The summed E-state index contributed by atoms with van der Waals surface area (Å²) in [6, 6.07) is 2.97. The Morgan fingerprint density at radius 3 is 2.94 bits per heavy atom. The van der Waals surface area contributed by atoms with E-state index in [2.05, 4.69) is 58.5 Å².